The molecule has 1 fully saturated rings. The van der Waals surface area contributed by atoms with Gasteiger partial charge in [-0.1, -0.05) is 17.7 Å². The number of nitrogens with zero attached hydrogens (tertiary/aromatic N) is 1. The summed E-state index contributed by atoms with van der Waals surface area (Å²) in [5.41, 5.74) is -11.5. The van der Waals surface area contributed by atoms with Crippen molar-refractivity contribution in [1.82, 2.24) is 5.32 Å². The van der Waals surface area contributed by atoms with Gasteiger partial charge in [-0.25, -0.2) is 5.32 Å². The van der Waals surface area contributed by atoms with E-state index in [2.05, 4.69) is 9.47 Å². The maximum atomic E-state index is 14.1. The third-order valence-corrected chi connectivity index (χ3v) is 5.82. The van der Waals surface area contributed by atoms with Crippen LogP contribution in [0.15, 0.2) is 18.2 Å². The Bertz CT molecular complexity index is 990. The summed E-state index contributed by atoms with van der Waals surface area (Å²) in [6, 6.07) is 1.85. The van der Waals surface area contributed by atoms with Crippen LogP contribution in [0.25, 0.3) is 0 Å². The number of nitro benzene ring substituents is 1. The van der Waals surface area contributed by atoms with E-state index in [9.17, 15) is 56.3 Å². The van der Waals surface area contributed by atoms with Crippen LogP contribution in [-0.2, 0) is 19.1 Å². The van der Waals surface area contributed by atoms with Crippen LogP contribution in [0, 0.1) is 22.0 Å². The normalized spacial score (nSPS) is 28.9. The first-order chi connectivity index (χ1) is 16.4. The lowest BCUT2D eigenvalue weighted by Gasteiger charge is -2.54. The summed E-state index contributed by atoms with van der Waals surface area (Å²) >= 11 is 5.69. The molecule has 36 heavy (non-hydrogen) atoms. The Balaban J connectivity index is 3.06. The minimum atomic E-state index is -6.08. The van der Waals surface area contributed by atoms with E-state index in [1.807, 2.05) is 0 Å². The van der Waals surface area contributed by atoms with Gasteiger partial charge in [0, 0.05) is 12.0 Å². The van der Waals surface area contributed by atoms with Gasteiger partial charge in [0.1, 0.15) is 16.9 Å². The van der Waals surface area contributed by atoms with Crippen LogP contribution < -0.4 is 5.32 Å². The number of benzene rings is 1. The molecule has 0 amide bonds. The molecule has 1 saturated heterocycles. The summed E-state index contributed by atoms with van der Waals surface area (Å²) < 4.78 is 93.7. The number of carbonyl (C=O) groups excluding carboxylic acids is 2. The molecule has 0 spiro atoms. The van der Waals surface area contributed by atoms with E-state index in [-0.39, 0.29) is 0 Å². The monoisotopic (exact) mass is 552 g/mol. The van der Waals surface area contributed by atoms with Gasteiger partial charge in [0.2, 0.25) is 11.4 Å². The molecular weight excluding hydrogens is 534 g/mol. The fourth-order valence-electron chi connectivity index (χ4n) is 4.01. The average Bonchev–Trinajstić information content (AvgIpc) is 2.72. The van der Waals surface area contributed by atoms with Crippen LogP contribution >= 0.6 is 11.6 Å². The van der Waals surface area contributed by atoms with Gasteiger partial charge in [0.15, 0.2) is 0 Å². The quantitative estimate of drug-likeness (QED) is 0.210. The molecule has 0 aliphatic carbocycles. The summed E-state index contributed by atoms with van der Waals surface area (Å²) in [4.78, 5) is 35.6. The molecule has 1 aliphatic rings. The number of nitro groups is 1. The second kappa shape index (κ2) is 9.99. The number of carbonyl (C=O) groups is 2. The maximum absolute atomic E-state index is 14.1. The van der Waals surface area contributed by atoms with E-state index in [0.29, 0.717) is 17.4 Å². The first kappa shape index (κ1) is 29.5. The molecule has 1 heterocycles. The van der Waals surface area contributed by atoms with Crippen LogP contribution in [-0.4, -0.2) is 64.1 Å². The van der Waals surface area contributed by atoms with Gasteiger partial charge in [-0.05, 0) is 25.5 Å². The molecule has 202 valence electrons. The fourth-order valence-corrected chi connectivity index (χ4v) is 4.20. The molecule has 1 unspecified atom stereocenters. The lowest BCUT2D eigenvalue weighted by Crippen LogP contribution is -2.81. The highest BCUT2D eigenvalue weighted by Gasteiger charge is 2.78. The Morgan fingerprint density at radius 2 is 1.44 bits per heavy atom. The highest BCUT2D eigenvalue weighted by Crippen LogP contribution is 2.56. The van der Waals surface area contributed by atoms with Crippen molar-refractivity contribution in [3.63, 3.8) is 0 Å². The molecule has 2 rings (SSSR count). The summed E-state index contributed by atoms with van der Waals surface area (Å²) in [7, 11) is 0. The number of esters is 2. The van der Waals surface area contributed by atoms with E-state index >= 15 is 0 Å². The van der Waals surface area contributed by atoms with Crippen LogP contribution in [0.3, 0.4) is 0 Å². The first-order valence-corrected chi connectivity index (χ1v) is 10.4. The van der Waals surface area contributed by atoms with Gasteiger partial charge in [0.05, 0.1) is 18.1 Å². The number of nitrogens with one attached hydrogen (secondary N) is 1. The van der Waals surface area contributed by atoms with Gasteiger partial charge in [0.25, 0.3) is 5.69 Å². The zero-order valence-corrected chi connectivity index (χ0v) is 19.1. The largest absolute Gasteiger partial charge is 0.466 e. The van der Waals surface area contributed by atoms with Crippen LogP contribution in [0.5, 0.6) is 0 Å². The first-order valence-electron chi connectivity index (χ1n) is 10.0. The third-order valence-electron chi connectivity index (χ3n) is 5.50. The molecular formula is C19H19ClF6N2O8. The van der Waals surface area contributed by atoms with Crippen LogP contribution in [0.4, 0.5) is 32.0 Å². The minimum Gasteiger partial charge on any atom is -0.466 e. The van der Waals surface area contributed by atoms with Crippen molar-refractivity contribution in [3.05, 3.63) is 38.9 Å². The number of alkyl halides is 6. The van der Waals surface area contributed by atoms with Crippen molar-refractivity contribution in [1.29, 1.82) is 0 Å². The lowest BCUT2D eigenvalue weighted by molar-refractivity contribution is -0.385. The van der Waals surface area contributed by atoms with Crippen molar-refractivity contribution >= 4 is 29.2 Å². The van der Waals surface area contributed by atoms with E-state index in [1.165, 1.54) is 0 Å². The second-order valence-electron chi connectivity index (χ2n) is 7.61. The zero-order valence-electron chi connectivity index (χ0n) is 18.3. The number of ether oxygens (including phenoxy) is 2. The van der Waals surface area contributed by atoms with Gasteiger partial charge in [-0.15, -0.1) is 0 Å². The maximum Gasteiger partial charge on any atom is 0.432 e. The zero-order chi connectivity index (χ0) is 27.9. The number of aliphatic hydroxyl groups is 2. The Labute approximate surface area is 203 Å². The van der Waals surface area contributed by atoms with Crippen molar-refractivity contribution in [2.75, 3.05) is 13.2 Å². The van der Waals surface area contributed by atoms with Crippen molar-refractivity contribution in [2.45, 2.75) is 43.6 Å². The van der Waals surface area contributed by atoms with Gasteiger partial charge < -0.3 is 19.7 Å². The van der Waals surface area contributed by atoms with Gasteiger partial charge in [-0.3, -0.25) is 19.7 Å². The Morgan fingerprint density at radius 1 is 1.03 bits per heavy atom. The Kier molecular flexibility index (Phi) is 8.20. The number of rotatable bonds is 6. The smallest absolute Gasteiger partial charge is 0.432 e. The van der Waals surface area contributed by atoms with Crippen LogP contribution in [0.1, 0.15) is 25.3 Å². The molecule has 0 aromatic heterocycles. The minimum absolute atomic E-state index is 0.421. The van der Waals surface area contributed by atoms with E-state index in [0.717, 1.165) is 19.9 Å². The summed E-state index contributed by atoms with van der Waals surface area (Å²) in [6.45, 7) is 1.06. The Morgan fingerprint density at radius 3 is 1.78 bits per heavy atom. The second-order valence-corrected chi connectivity index (χ2v) is 8.01. The molecule has 17 heteroatoms. The molecule has 5 atom stereocenters. The number of hydrogen-bond donors (Lipinski definition) is 3. The summed E-state index contributed by atoms with van der Waals surface area (Å²) in [5.74, 6) is -12.7. The predicted molar refractivity (Wildman–Crippen MR) is 106 cm³/mol. The molecule has 0 saturated carbocycles. The predicted octanol–water partition coefficient (Wildman–Crippen LogP) is 2.80. The molecule has 0 radical (unpaired) electrons. The SMILES string of the molecule is CCOC(=O)[C@H]1C(c2ccc(Cl)c([N+](=O)[O-])c2)[C@H](C(=O)OCC)[C@](O)(C(F)(F)F)N[C@]1(O)C(F)(F)F. The standard InChI is InChI=1S/C19H19ClF6N2O8/c1-3-35-14(29)12-11(8-5-6-9(20)10(7-8)28(33)34)13(15(30)36-4-2)17(32,19(24,25)26)27-16(12,31)18(21,22)23/h5-7,11-13,27,31-32H,3-4H2,1-2H3/t11?,12-,13-,16-,17+/m1/s1. The van der Waals surface area contributed by atoms with Crippen LogP contribution in [0.2, 0.25) is 5.02 Å². The molecule has 0 bridgehead atoms. The molecule has 3 N–H and O–H groups in total. The van der Waals surface area contributed by atoms with E-state index in [1.54, 1.807) is 0 Å². The van der Waals surface area contributed by atoms with Gasteiger partial charge >= 0.3 is 24.3 Å². The number of hydrogen-bond acceptors (Lipinski definition) is 9. The Hall–Kier alpha value is -2.69. The summed E-state index contributed by atoms with van der Waals surface area (Å²) in [5, 5.41) is 32.5. The molecule has 1 aliphatic heterocycles. The number of piperidine rings is 1. The third kappa shape index (κ3) is 4.94. The van der Waals surface area contributed by atoms with E-state index in [4.69, 9.17) is 11.6 Å². The van der Waals surface area contributed by atoms with Gasteiger partial charge in [-0.2, -0.15) is 26.3 Å². The van der Waals surface area contributed by atoms with E-state index < -0.39 is 87.9 Å². The highest BCUT2D eigenvalue weighted by atomic mass is 35.5. The fraction of sp³-hybridized carbons (Fsp3) is 0.579. The molecule has 1 aromatic rings. The molecule has 10 nitrogen and oxygen atoms in total. The van der Waals surface area contributed by atoms with Crippen molar-refractivity contribution in [3.8, 4) is 0 Å². The van der Waals surface area contributed by atoms with Crippen molar-refractivity contribution < 1.29 is 60.5 Å². The molecule has 1 aromatic carbocycles. The summed E-state index contributed by atoms with van der Waals surface area (Å²) in [6.07, 6.45) is -12.2. The van der Waals surface area contributed by atoms with Crippen molar-refractivity contribution in [2.24, 2.45) is 11.8 Å². The highest BCUT2D eigenvalue weighted by molar-refractivity contribution is 6.32. The topological polar surface area (TPSA) is 148 Å². The number of halogens is 7. The lowest BCUT2D eigenvalue weighted by atomic mass is 9.64. The average molecular weight is 553 g/mol.